The van der Waals surface area contributed by atoms with E-state index in [1.54, 1.807) is 12.1 Å². The molecule has 2 N–H and O–H groups in total. The maximum absolute atomic E-state index is 12.8. The number of anilines is 1. The van der Waals surface area contributed by atoms with Gasteiger partial charge in [0.2, 0.25) is 0 Å². The first-order chi connectivity index (χ1) is 21.6. The number of aromatic amines is 1. The number of halogens is 1. The fraction of sp³-hybridized carbons (Fsp3) is 0.514. The van der Waals surface area contributed by atoms with Gasteiger partial charge in [0.15, 0.2) is 0 Å². The molecule has 1 atom stereocenters. The molecule has 1 amide bonds. The molecule has 3 aliphatic rings. The zero-order valence-electron chi connectivity index (χ0n) is 26.4. The quantitative estimate of drug-likeness (QED) is 0.298. The third-order valence-electron chi connectivity index (χ3n) is 9.12. The highest BCUT2D eigenvalue weighted by atomic mass is 35.5. The number of carbonyl (C=O) groups is 1. The number of hydrogen-bond acceptors (Lipinski definition) is 7. The Kier molecular flexibility index (Phi) is 9.25. The van der Waals surface area contributed by atoms with Gasteiger partial charge in [-0.15, -0.1) is 0 Å². The first-order valence-corrected chi connectivity index (χ1v) is 16.5. The molecule has 45 heavy (non-hydrogen) atoms. The summed E-state index contributed by atoms with van der Waals surface area (Å²) in [6.45, 7) is 10.1. The Labute approximate surface area is 270 Å². The Balaban J connectivity index is 0.973. The van der Waals surface area contributed by atoms with Crippen molar-refractivity contribution in [3.8, 4) is 23.2 Å². The molecule has 2 saturated heterocycles. The van der Waals surface area contributed by atoms with E-state index in [0.29, 0.717) is 29.0 Å². The molecule has 2 aromatic carbocycles. The monoisotopic (exact) mass is 630 g/mol. The van der Waals surface area contributed by atoms with Crippen LogP contribution in [0.2, 0.25) is 5.02 Å². The molecule has 0 spiro atoms. The molecule has 2 aliphatic heterocycles. The van der Waals surface area contributed by atoms with Gasteiger partial charge in [-0.1, -0.05) is 11.6 Å². The summed E-state index contributed by atoms with van der Waals surface area (Å²) >= 11 is 6.17. The van der Waals surface area contributed by atoms with Crippen molar-refractivity contribution in [3.63, 3.8) is 0 Å². The van der Waals surface area contributed by atoms with E-state index in [-0.39, 0.29) is 18.2 Å². The number of nitriles is 1. The highest BCUT2D eigenvalue weighted by Gasteiger charge is 2.36. The lowest BCUT2D eigenvalue weighted by atomic mass is 9.85. The van der Waals surface area contributed by atoms with E-state index in [1.165, 1.54) is 11.4 Å². The van der Waals surface area contributed by atoms with Crippen molar-refractivity contribution in [1.29, 1.82) is 5.26 Å². The summed E-state index contributed by atoms with van der Waals surface area (Å²) < 4.78 is 11.8. The highest BCUT2D eigenvalue weighted by Crippen LogP contribution is 2.36. The molecule has 1 unspecified atom stereocenters. The van der Waals surface area contributed by atoms with Crippen LogP contribution in [0.25, 0.3) is 11.4 Å². The van der Waals surface area contributed by atoms with Crippen molar-refractivity contribution >= 4 is 23.4 Å². The van der Waals surface area contributed by atoms with Gasteiger partial charge in [0.05, 0.1) is 16.7 Å². The summed E-state index contributed by atoms with van der Waals surface area (Å²) in [5.74, 6) is 2.60. The summed E-state index contributed by atoms with van der Waals surface area (Å²) in [6, 6.07) is 16.2. The van der Waals surface area contributed by atoms with Crippen LogP contribution in [-0.2, 0) is 4.74 Å². The van der Waals surface area contributed by atoms with Crippen LogP contribution in [0.1, 0.15) is 70.1 Å². The van der Waals surface area contributed by atoms with E-state index in [0.717, 1.165) is 75.4 Å². The van der Waals surface area contributed by atoms with Crippen molar-refractivity contribution < 1.29 is 14.3 Å². The van der Waals surface area contributed by atoms with Crippen LogP contribution >= 0.6 is 11.6 Å². The number of hydrogen-bond donors (Lipinski definition) is 2. The lowest BCUT2D eigenvalue weighted by molar-refractivity contribution is 0.00881. The minimum Gasteiger partial charge on any atom is -0.490 e. The minimum atomic E-state index is -0.483. The van der Waals surface area contributed by atoms with Crippen LogP contribution in [0.4, 0.5) is 10.5 Å². The van der Waals surface area contributed by atoms with Gasteiger partial charge >= 0.3 is 6.09 Å². The van der Waals surface area contributed by atoms with Crippen molar-refractivity contribution in [2.45, 2.75) is 76.5 Å². The van der Waals surface area contributed by atoms with Gasteiger partial charge < -0.3 is 29.6 Å². The Hall–Kier alpha value is -3.74. The summed E-state index contributed by atoms with van der Waals surface area (Å²) in [5, 5.41) is 13.0. The number of benzene rings is 2. The first kappa shape index (κ1) is 31.3. The zero-order chi connectivity index (χ0) is 31.6. The molecule has 1 saturated carbocycles. The second kappa shape index (κ2) is 13.3. The number of ether oxygens (including phenoxy) is 2. The fourth-order valence-electron chi connectivity index (χ4n) is 6.71. The van der Waals surface area contributed by atoms with Crippen LogP contribution in [0, 0.1) is 17.2 Å². The fourth-order valence-corrected chi connectivity index (χ4v) is 6.92. The van der Waals surface area contributed by atoms with Gasteiger partial charge in [-0.2, -0.15) is 5.26 Å². The molecule has 0 radical (unpaired) electrons. The Bertz CT molecular complexity index is 1510. The zero-order valence-corrected chi connectivity index (χ0v) is 27.1. The number of nitrogens with one attached hydrogen (secondary N) is 2. The third-order valence-corrected chi connectivity index (χ3v) is 9.43. The molecule has 6 rings (SSSR count). The summed E-state index contributed by atoms with van der Waals surface area (Å²) in [6.07, 6.45) is 6.87. The number of imidazole rings is 1. The number of piperazine rings is 1. The predicted octanol–water partition coefficient (Wildman–Crippen LogP) is 6.74. The predicted molar refractivity (Wildman–Crippen MR) is 176 cm³/mol. The number of nitrogens with zero attached hydrogens (tertiary/aromatic N) is 4. The molecule has 3 aromatic rings. The number of rotatable bonds is 7. The van der Waals surface area contributed by atoms with Gasteiger partial charge in [0.25, 0.3) is 0 Å². The highest BCUT2D eigenvalue weighted by molar-refractivity contribution is 6.31. The second-order valence-electron chi connectivity index (χ2n) is 13.6. The lowest BCUT2D eigenvalue weighted by Crippen LogP contribution is -2.57. The van der Waals surface area contributed by atoms with E-state index < -0.39 is 5.60 Å². The standard InChI is InChI=1S/C35H43ClN6O3/c1-35(2,3)45-34(43)42-15-14-38-19-28(42)16-23-21-41(22-23)27-9-4-25(5-10-27)33-39-20-32(40-33)24-6-11-29(12-7-24)44-30-13-8-26(18-37)31(36)17-30/h4-5,8-10,13,17,20,23-24,28-29,38H,6-7,11-12,14-16,19,21-22H2,1-3H3,(H,39,40). The van der Waals surface area contributed by atoms with Crippen molar-refractivity contribution in [2.24, 2.45) is 5.92 Å². The molecule has 9 nitrogen and oxygen atoms in total. The maximum atomic E-state index is 12.8. The van der Waals surface area contributed by atoms with Crippen LogP contribution in [0.3, 0.4) is 0 Å². The third kappa shape index (κ3) is 7.57. The number of H-pyrrole nitrogens is 1. The van der Waals surface area contributed by atoms with Gasteiger partial charge in [-0.05, 0) is 95.2 Å². The number of amides is 1. The van der Waals surface area contributed by atoms with Gasteiger partial charge in [0, 0.05) is 73.9 Å². The number of aromatic nitrogens is 2. The molecule has 0 bridgehead atoms. The molecule has 238 valence electrons. The van der Waals surface area contributed by atoms with Crippen molar-refractivity contribution in [1.82, 2.24) is 20.2 Å². The summed E-state index contributed by atoms with van der Waals surface area (Å²) in [4.78, 5) is 25.4. The maximum Gasteiger partial charge on any atom is 0.410 e. The smallest absolute Gasteiger partial charge is 0.410 e. The average Bonchev–Trinajstić information content (AvgIpc) is 3.49. The molecule has 1 aliphatic carbocycles. The normalized spacial score (nSPS) is 22.4. The van der Waals surface area contributed by atoms with Crippen molar-refractivity contribution in [3.05, 3.63) is 64.9 Å². The van der Waals surface area contributed by atoms with Crippen LogP contribution < -0.4 is 15.0 Å². The van der Waals surface area contributed by atoms with E-state index in [2.05, 4.69) is 45.5 Å². The van der Waals surface area contributed by atoms with Crippen LogP contribution in [0.5, 0.6) is 5.75 Å². The van der Waals surface area contributed by atoms with Gasteiger partial charge in [-0.3, -0.25) is 0 Å². The van der Waals surface area contributed by atoms with Crippen LogP contribution in [0.15, 0.2) is 48.7 Å². The topological polar surface area (TPSA) is 107 Å². The Morgan fingerprint density at radius 2 is 1.87 bits per heavy atom. The molecule has 10 heteroatoms. The largest absolute Gasteiger partial charge is 0.490 e. The Morgan fingerprint density at radius 1 is 1.11 bits per heavy atom. The number of carbonyl (C=O) groups excluding carboxylic acids is 1. The van der Waals surface area contributed by atoms with E-state index in [9.17, 15) is 4.79 Å². The van der Waals surface area contributed by atoms with Gasteiger partial charge in [-0.25, -0.2) is 9.78 Å². The van der Waals surface area contributed by atoms with Crippen LogP contribution in [-0.4, -0.2) is 71.4 Å². The first-order valence-electron chi connectivity index (χ1n) is 16.1. The second-order valence-corrected chi connectivity index (χ2v) is 14.0. The molecule has 3 fully saturated rings. The minimum absolute atomic E-state index is 0.143. The molecular weight excluding hydrogens is 588 g/mol. The van der Waals surface area contributed by atoms with E-state index in [4.69, 9.17) is 31.3 Å². The summed E-state index contributed by atoms with van der Waals surface area (Å²) in [5.41, 5.74) is 3.46. The Morgan fingerprint density at radius 3 is 2.56 bits per heavy atom. The molecule has 1 aromatic heterocycles. The molecule has 3 heterocycles. The SMILES string of the molecule is CC(C)(C)OC(=O)N1CCNCC1CC1CN(c2ccc(-c3ncc(C4CCC(Oc5ccc(C#N)c(Cl)c5)CC4)[nH]3)cc2)C1. The van der Waals surface area contributed by atoms with E-state index in [1.807, 2.05) is 37.9 Å². The van der Waals surface area contributed by atoms with Crippen molar-refractivity contribution in [2.75, 3.05) is 37.6 Å². The summed E-state index contributed by atoms with van der Waals surface area (Å²) in [7, 11) is 0. The average molecular weight is 631 g/mol. The molecular formula is C35H43ClN6O3. The van der Waals surface area contributed by atoms with Gasteiger partial charge in [0.1, 0.15) is 23.2 Å². The lowest BCUT2D eigenvalue weighted by Gasteiger charge is -2.45. The van der Waals surface area contributed by atoms with E-state index >= 15 is 0 Å².